The van der Waals surface area contributed by atoms with Crippen molar-refractivity contribution in [1.29, 1.82) is 0 Å². The lowest BCUT2D eigenvalue weighted by Gasteiger charge is -2.43. The van der Waals surface area contributed by atoms with Crippen LogP contribution in [0.25, 0.3) is 10.9 Å². The first-order valence-corrected chi connectivity index (χ1v) is 18.3. The third-order valence-corrected chi connectivity index (χ3v) is 13.5. The number of hydrogen-bond acceptors (Lipinski definition) is 4. The summed E-state index contributed by atoms with van der Waals surface area (Å²) in [6.45, 7) is 2.66. The molecule has 0 aliphatic carbocycles. The van der Waals surface area contributed by atoms with Gasteiger partial charge < -0.3 is 4.43 Å². The summed E-state index contributed by atoms with van der Waals surface area (Å²) >= 11 is 3.29. The third-order valence-electron chi connectivity index (χ3n) is 8.87. The molecule has 5 aromatic rings. The zero-order valence-corrected chi connectivity index (χ0v) is 27.9. The maximum Gasteiger partial charge on any atom is 0.282 e. The first kappa shape index (κ1) is 31.7. The average molecular weight is 694 g/mol. The fourth-order valence-electron chi connectivity index (χ4n) is 6.68. The lowest BCUT2D eigenvalue weighted by molar-refractivity contribution is -0.0817. The van der Waals surface area contributed by atoms with Crippen molar-refractivity contribution >= 4 is 45.5 Å². The number of nitrogens with zero attached hydrogens (tertiary/aromatic N) is 3. The molecule has 45 heavy (non-hydrogen) atoms. The Morgan fingerprint density at radius 3 is 2.36 bits per heavy atom. The Kier molecular flexibility index (Phi) is 9.28. The van der Waals surface area contributed by atoms with E-state index in [9.17, 15) is 0 Å². The van der Waals surface area contributed by atoms with Gasteiger partial charge in [-0.1, -0.05) is 86.5 Å². The van der Waals surface area contributed by atoms with Gasteiger partial charge in [0.05, 0.1) is 36.6 Å². The van der Waals surface area contributed by atoms with Gasteiger partial charge in [-0.05, 0) is 69.0 Å². The minimum Gasteiger partial charge on any atom is -0.402 e. The van der Waals surface area contributed by atoms with E-state index in [0.29, 0.717) is 16.9 Å². The van der Waals surface area contributed by atoms with Crippen molar-refractivity contribution < 1.29 is 17.6 Å². The molecule has 0 radical (unpaired) electrons. The molecule has 0 spiro atoms. The van der Waals surface area contributed by atoms with Crippen molar-refractivity contribution in [2.24, 2.45) is 0 Å². The van der Waals surface area contributed by atoms with Gasteiger partial charge in [0.25, 0.3) is 14.2 Å². The fraction of sp³-hybridized carbons (Fsp3) is 0.314. The van der Waals surface area contributed by atoms with E-state index in [1.807, 2.05) is 79.7 Å². The summed E-state index contributed by atoms with van der Waals surface area (Å²) in [4.78, 5) is 6.12. The van der Waals surface area contributed by atoms with Gasteiger partial charge in [0, 0.05) is 22.1 Å². The molecule has 0 unspecified atom stereocenters. The van der Waals surface area contributed by atoms with Gasteiger partial charge in [-0.25, -0.2) is 13.2 Å². The van der Waals surface area contributed by atoms with E-state index in [1.54, 1.807) is 11.1 Å². The van der Waals surface area contributed by atoms with Crippen LogP contribution in [0.1, 0.15) is 49.6 Å². The number of pyridine rings is 1. The zero-order valence-electron chi connectivity index (χ0n) is 25.3. The molecule has 10 heteroatoms. The number of fused-ring (bicyclic) bond motifs is 3. The number of benzene rings is 3. The highest BCUT2D eigenvalue weighted by Crippen LogP contribution is 2.42. The van der Waals surface area contributed by atoms with Gasteiger partial charge >= 0.3 is 0 Å². The van der Waals surface area contributed by atoms with Crippen LogP contribution in [0.4, 0.5) is 13.2 Å². The summed E-state index contributed by atoms with van der Waals surface area (Å²) in [5.74, 6) is -3.78. The second kappa shape index (κ2) is 13.2. The summed E-state index contributed by atoms with van der Waals surface area (Å²) in [5.41, 5.74) is 2.70. The second-order valence-electron chi connectivity index (χ2n) is 11.9. The fourth-order valence-corrected chi connectivity index (χ4v) is 11.1. The van der Waals surface area contributed by atoms with Gasteiger partial charge in [0.15, 0.2) is 0 Å². The number of rotatable bonds is 11. The van der Waals surface area contributed by atoms with Crippen molar-refractivity contribution in [2.75, 3.05) is 13.2 Å². The zero-order chi connectivity index (χ0) is 31.6. The highest BCUT2D eigenvalue weighted by molar-refractivity contribution is 9.10. The van der Waals surface area contributed by atoms with Gasteiger partial charge in [0.1, 0.15) is 5.82 Å². The van der Waals surface area contributed by atoms with E-state index in [1.165, 1.54) is 12.3 Å². The number of aromatic amines is 1. The van der Waals surface area contributed by atoms with E-state index < -0.39 is 39.3 Å². The van der Waals surface area contributed by atoms with Gasteiger partial charge in [-0.3, -0.25) is 15.0 Å². The molecular weight excluding hydrogens is 657 g/mol. The van der Waals surface area contributed by atoms with Crippen LogP contribution in [-0.2, 0) is 10.8 Å². The Labute approximate surface area is 271 Å². The monoisotopic (exact) mass is 692 g/mol. The predicted octanol–water partition coefficient (Wildman–Crippen LogP) is 7.41. The first-order valence-electron chi connectivity index (χ1n) is 15.4. The first-order chi connectivity index (χ1) is 21.7. The maximum atomic E-state index is 16.4. The van der Waals surface area contributed by atoms with Gasteiger partial charge in [-0.2, -0.15) is 5.10 Å². The maximum absolute atomic E-state index is 16.4. The number of halogens is 4. The number of alkyl halides is 2. The molecule has 2 aromatic heterocycles. The molecule has 0 saturated carbocycles. The van der Waals surface area contributed by atoms with E-state index in [2.05, 4.69) is 38.0 Å². The molecule has 1 aliphatic heterocycles. The average Bonchev–Trinajstić information content (AvgIpc) is 3.53. The van der Waals surface area contributed by atoms with Crippen LogP contribution < -0.4 is 10.4 Å². The number of nitrogens with one attached hydrogen (secondary N) is 1. The molecule has 2 atom stereocenters. The molecule has 0 fully saturated rings. The predicted molar refractivity (Wildman–Crippen MR) is 178 cm³/mol. The molecule has 3 aromatic carbocycles. The standard InChI is InChI=1S/C35H36BrF3N4OSi/c1-3-4-17-45(26-11-7-5-8-12-26,27-13-9-6-10-14-27)44-23-35(38,39)22-43-24(2)18-29-28(15-16-32-30(29)21-41-42-32)34(43)33-31(37)19-25(36)20-40-33/h5-16,19-21,24,34H,3-4,17-18,22-23H2,1-2H3,(H,41,42)/t24-,34-/m1/s1. The van der Waals surface area contributed by atoms with Crippen LogP contribution in [0, 0.1) is 5.82 Å². The number of unbranched alkanes of at least 4 members (excludes halogenated alkanes) is 1. The second-order valence-corrected chi connectivity index (χ2v) is 16.4. The van der Waals surface area contributed by atoms with Crippen LogP contribution in [0.3, 0.4) is 0 Å². The Morgan fingerprint density at radius 1 is 1.02 bits per heavy atom. The van der Waals surface area contributed by atoms with Gasteiger partial charge in [-0.15, -0.1) is 0 Å². The van der Waals surface area contributed by atoms with Crippen LogP contribution in [0.5, 0.6) is 0 Å². The summed E-state index contributed by atoms with van der Waals surface area (Å²) in [7, 11) is -3.02. The number of H-pyrrole nitrogens is 1. The molecule has 0 bridgehead atoms. The molecule has 0 saturated heterocycles. The lowest BCUT2D eigenvalue weighted by Crippen LogP contribution is -2.62. The minimum atomic E-state index is -3.23. The number of aromatic nitrogens is 3. The number of hydrogen-bond donors (Lipinski definition) is 1. The van der Waals surface area contributed by atoms with E-state index in [0.717, 1.165) is 45.2 Å². The molecular formula is C35H36BrF3N4OSi. The third kappa shape index (κ3) is 6.38. The Morgan fingerprint density at radius 2 is 1.71 bits per heavy atom. The molecule has 5 nitrogen and oxygen atoms in total. The summed E-state index contributed by atoms with van der Waals surface area (Å²) in [6, 6.07) is 24.3. The summed E-state index contributed by atoms with van der Waals surface area (Å²) in [6.07, 6.45) is 5.56. The SMILES string of the molecule is CCCC[Si](OCC(F)(F)CN1[C@@H](c2ncc(Br)cc2F)c2ccc3[nH]ncc3c2C[C@H]1C)(c1ccccc1)c1ccccc1. The molecule has 0 amide bonds. The summed E-state index contributed by atoms with van der Waals surface area (Å²) < 4.78 is 55.5. The van der Waals surface area contributed by atoms with Crippen molar-refractivity contribution in [1.82, 2.24) is 20.1 Å². The largest absolute Gasteiger partial charge is 0.402 e. The lowest BCUT2D eigenvalue weighted by atomic mass is 9.84. The van der Waals surface area contributed by atoms with Crippen LogP contribution in [0.15, 0.2) is 95.7 Å². The topological polar surface area (TPSA) is 54.0 Å². The van der Waals surface area contributed by atoms with Crippen LogP contribution in [-0.4, -0.2) is 53.5 Å². The highest BCUT2D eigenvalue weighted by atomic mass is 79.9. The van der Waals surface area contributed by atoms with E-state index >= 15 is 13.2 Å². The van der Waals surface area contributed by atoms with Gasteiger partial charge in [0.2, 0.25) is 0 Å². The van der Waals surface area contributed by atoms with E-state index in [4.69, 9.17) is 4.43 Å². The van der Waals surface area contributed by atoms with Crippen LogP contribution >= 0.6 is 15.9 Å². The molecule has 1 N–H and O–H groups in total. The van der Waals surface area contributed by atoms with Crippen molar-refractivity contribution in [3.05, 3.63) is 118 Å². The molecule has 3 heterocycles. The normalized spacial score (nSPS) is 17.5. The molecule has 6 rings (SSSR count). The van der Waals surface area contributed by atoms with Crippen LogP contribution in [0.2, 0.25) is 6.04 Å². The van der Waals surface area contributed by atoms with E-state index in [-0.39, 0.29) is 11.7 Å². The van der Waals surface area contributed by atoms with Crippen molar-refractivity contribution in [2.45, 2.75) is 57.2 Å². The van der Waals surface area contributed by atoms with Crippen molar-refractivity contribution in [3.63, 3.8) is 0 Å². The summed E-state index contributed by atoms with van der Waals surface area (Å²) in [5, 5.41) is 10.0. The van der Waals surface area contributed by atoms with Crippen molar-refractivity contribution in [3.8, 4) is 0 Å². The highest BCUT2D eigenvalue weighted by Gasteiger charge is 2.46. The molecule has 234 valence electrons. The minimum absolute atomic E-state index is 0.116. The Bertz CT molecular complexity index is 1710. The molecule has 1 aliphatic rings. The Hall–Kier alpha value is -3.31. The smallest absolute Gasteiger partial charge is 0.282 e. The quantitative estimate of drug-likeness (QED) is 0.147. The Balaban J connectivity index is 1.37.